The molecule has 31 heavy (non-hydrogen) atoms. The third kappa shape index (κ3) is 6.66. The maximum absolute atomic E-state index is 12.5. The van der Waals surface area contributed by atoms with Gasteiger partial charge in [-0.05, 0) is 48.9 Å². The van der Waals surface area contributed by atoms with E-state index in [-0.39, 0.29) is 12.4 Å². The lowest BCUT2D eigenvalue weighted by Gasteiger charge is -2.20. The van der Waals surface area contributed by atoms with Crippen LogP contribution < -0.4 is 10.3 Å². The first kappa shape index (κ1) is 25.1. The van der Waals surface area contributed by atoms with Crippen molar-refractivity contribution in [3.05, 3.63) is 52.3 Å². The van der Waals surface area contributed by atoms with Crippen LogP contribution in [0.4, 0.5) is 0 Å². The molecule has 1 saturated heterocycles. The summed E-state index contributed by atoms with van der Waals surface area (Å²) in [7, 11) is -4.24. The van der Waals surface area contributed by atoms with Crippen molar-refractivity contribution >= 4 is 28.3 Å². The molecule has 1 aromatic heterocycles. The highest BCUT2D eigenvalue weighted by atomic mass is 35.5. The fourth-order valence-corrected chi connectivity index (χ4v) is 4.58. The van der Waals surface area contributed by atoms with Crippen LogP contribution in [0.15, 0.2) is 46.1 Å². The van der Waals surface area contributed by atoms with Crippen LogP contribution in [0, 0.1) is 5.92 Å². The summed E-state index contributed by atoms with van der Waals surface area (Å²) in [6, 6.07) is 10.6. The van der Waals surface area contributed by atoms with Crippen LogP contribution in [0.25, 0.3) is 11.3 Å². The summed E-state index contributed by atoms with van der Waals surface area (Å²) in [5, 5.41) is 0. The van der Waals surface area contributed by atoms with Crippen LogP contribution in [0.1, 0.15) is 44.6 Å². The number of carbonyl (C=O) groups excluding carboxylic acids is 1. The van der Waals surface area contributed by atoms with Gasteiger partial charge in [0.15, 0.2) is 4.90 Å². The highest BCUT2D eigenvalue weighted by Crippen LogP contribution is 2.19. The maximum atomic E-state index is 12.5. The Balaban J connectivity index is 0.00000341. The van der Waals surface area contributed by atoms with Gasteiger partial charge >= 0.3 is 0 Å². The molecule has 7 nitrogen and oxygen atoms in total. The van der Waals surface area contributed by atoms with Gasteiger partial charge in [0, 0.05) is 24.8 Å². The van der Waals surface area contributed by atoms with Crippen molar-refractivity contribution in [3.8, 4) is 11.3 Å². The van der Waals surface area contributed by atoms with Crippen molar-refractivity contribution in [3.63, 3.8) is 0 Å². The van der Waals surface area contributed by atoms with E-state index in [4.69, 9.17) is 4.74 Å². The van der Waals surface area contributed by atoms with Gasteiger partial charge in [-0.15, -0.1) is 12.4 Å². The summed E-state index contributed by atoms with van der Waals surface area (Å²) in [6.45, 7) is 3.01. The number of ether oxygens (including phenoxy) is 1. The highest BCUT2D eigenvalue weighted by Gasteiger charge is 2.27. The number of amides is 1. The van der Waals surface area contributed by atoms with Gasteiger partial charge in [0.25, 0.3) is 15.6 Å². The molecule has 2 N–H and O–H groups in total. The number of rotatable bonds is 8. The van der Waals surface area contributed by atoms with Gasteiger partial charge in [0.1, 0.15) is 0 Å². The zero-order valence-electron chi connectivity index (χ0n) is 17.6. The van der Waals surface area contributed by atoms with Crippen molar-refractivity contribution < 1.29 is 17.9 Å². The Morgan fingerprint density at radius 2 is 1.77 bits per heavy atom. The lowest BCUT2D eigenvalue weighted by Crippen LogP contribution is -2.39. The number of carbonyl (C=O) groups is 1. The number of sulfonamides is 1. The molecule has 0 atom stereocenters. The van der Waals surface area contributed by atoms with E-state index in [0.717, 1.165) is 18.4 Å². The molecule has 0 bridgehead atoms. The fourth-order valence-electron chi connectivity index (χ4n) is 3.50. The molecule has 0 radical (unpaired) electrons. The molecule has 0 unspecified atom stereocenters. The number of pyridine rings is 1. The van der Waals surface area contributed by atoms with Crippen molar-refractivity contribution in [2.75, 3.05) is 13.2 Å². The Hall–Kier alpha value is -2.16. The number of unbranched alkanes of at least 4 members (excludes halogenated alkanes) is 2. The second-order valence-electron chi connectivity index (χ2n) is 7.58. The largest absolute Gasteiger partial charge is 0.381 e. The molecule has 0 spiro atoms. The Kier molecular flexibility index (Phi) is 9.28. The third-order valence-corrected chi connectivity index (χ3v) is 6.69. The number of halogens is 1. The van der Waals surface area contributed by atoms with Gasteiger partial charge < -0.3 is 9.72 Å². The molecule has 170 valence electrons. The third-order valence-electron chi connectivity index (χ3n) is 5.32. The van der Waals surface area contributed by atoms with Crippen molar-refractivity contribution in [1.29, 1.82) is 0 Å². The number of benzene rings is 1. The Morgan fingerprint density at radius 1 is 1.10 bits per heavy atom. The summed E-state index contributed by atoms with van der Waals surface area (Å²) in [5.41, 5.74) is 1.78. The normalized spacial score (nSPS) is 14.6. The van der Waals surface area contributed by atoms with Crippen LogP contribution in [0.5, 0.6) is 0 Å². The summed E-state index contributed by atoms with van der Waals surface area (Å²) >= 11 is 0. The number of hydrogen-bond donors (Lipinski definition) is 2. The molecule has 1 aliphatic heterocycles. The Labute approximate surface area is 189 Å². The molecule has 3 rings (SSSR count). The molecule has 9 heteroatoms. The summed E-state index contributed by atoms with van der Waals surface area (Å²) in [4.78, 5) is 26.9. The zero-order chi connectivity index (χ0) is 21.6. The van der Waals surface area contributed by atoms with Gasteiger partial charge in [-0.3, -0.25) is 9.59 Å². The predicted octanol–water partition coefficient (Wildman–Crippen LogP) is 3.43. The SMILES string of the molecule is CCCCCc1ccc(-c2ccc(S(=O)(=O)NC(=O)C3CCOCC3)c(=O)[nH]2)cc1.Cl. The number of nitrogens with one attached hydrogen (secondary N) is 2. The van der Waals surface area contributed by atoms with E-state index in [1.54, 1.807) is 6.07 Å². The number of aromatic amines is 1. The number of aromatic nitrogens is 1. The van der Waals surface area contributed by atoms with E-state index in [2.05, 4.69) is 11.9 Å². The smallest absolute Gasteiger partial charge is 0.269 e. The lowest BCUT2D eigenvalue weighted by molar-refractivity contribution is -0.125. The van der Waals surface area contributed by atoms with E-state index in [1.807, 2.05) is 29.0 Å². The van der Waals surface area contributed by atoms with Crippen LogP contribution in [-0.2, 0) is 26.0 Å². The van der Waals surface area contributed by atoms with Crippen LogP contribution in [0.2, 0.25) is 0 Å². The van der Waals surface area contributed by atoms with Gasteiger partial charge in [-0.1, -0.05) is 44.0 Å². The van der Waals surface area contributed by atoms with E-state index >= 15 is 0 Å². The van der Waals surface area contributed by atoms with E-state index in [9.17, 15) is 18.0 Å². The molecule has 1 amide bonds. The first-order valence-electron chi connectivity index (χ1n) is 10.4. The zero-order valence-corrected chi connectivity index (χ0v) is 19.2. The van der Waals surface area contributed by atoms with Crippen LogP contribution >= 0.6 is 12.4 Å². The molecule has 2 heterocycles. The molecular weight excluding hydrogens is 440 g/mol. The van der Waals surface area contributed by atoms with Gasteiger partial charge in [-0.2, -0.15) is 0 Å². The first-order chi connectivity index (χ1) is 14.4. The van der Waals surface area contributed by atoms with Gasteiger partial charge in [0.05, 0.1) is 0 Å². The standard InChI is InChI=1S/C22H28N2O5S.ClH/c1-2-3-4-5-16-6-8-17(9-7-16)19-10-11-20(22(26)23-19)30(27,28)24-21(25)18-12-14-29-15-13-18;/h6-11,18H,2-5,12-15H2,1H3,(H,23,26)(H,24,25);1H. The second-order valence-corrected chi connectivity index (χ2v) is 9.23. The Bertz CT molecular complexity index is 1030. The van der Waals surface area contributed by atoms with Crippen molar-refractivity contribution in [1.82, 2.24) is 9.71 Å². The quantitative estimate of drug-likeness (QED) is 0.577. The first-order valence-corrected chi connectivity index (χ1v) is 11.9. The number of aryl methyl sites for hydroxylation is 1. The topological polar surface area (TPSA) is 105 Å². The highest BCUT2D eigenvalue weighted by molar-refractivity contribution is 7.90. The molecule has 2 aromatic rings. The molecule has 1 aromatic carbocycles. The lowest BCUT2D eigenvalue weighted by atomic mass is 10.0. The maximum Gasteiger partial charge on any atom is 0.269 e. The van der Waals surface area contributed by atoms with E-state index in [0.29, 0.717) is 31.7 Å². The summed E-state index contributed by atoms with van der Waals surface area (Å²) < 4.78 is 32.3. The molecule has 0 saturated carbocycles. The summed E-state index contributed by atoms with van der Waals surface area (Å²) in [6.07, 6.45) is 5.43. The average Bonchev–Trinajstić information content (AvgIpc) is 2.74. The Morgan fingerprint density at radius 3 is 2.39 bits per heavy atom. The predicted molar refractivity (Wildman–Crippen MR) is 122 cm³/mol. The van der Waals surface area contributed by atoms with Crippen LogP contribution in [0.3, 0.4) is 0 Å². The molecule has 1 aliphatic rings. The monoisotopic (exact) mass is 468 g/mol. The minimum absolute atomic E-state index is 0. The van der Waals surface area contributed by atoms with Crippen molar-refractivity contribution in [2.24, 2.45) is 5.92 Å². The van der Waals surface area contributed by atoms with Gasteiger partial charge in [-0.25, -0.2) is 13.1 Å². The van der Waals surface area contributed by atoms with E-state index < -0.39 is 32.3 Å². The fraction of sp³-hybridized carbons (Fsp3) is 0.455. The minimum atomic E-state index is -4.24. The number of hydrogen-bond acceptors (Lipinski definition) is 5. The van der Waals surface area contributed by atoms with Gasteiger partial charge in [0.2, 0.25) is 5.91 Å². The van der Waals surface area contributed by atoms with Crippen LogP contribution in [-0.4, -0.2) is 32.5 Å². The number of H-pyrrole nitrogens is 1. The summed E-state index contributed by atoms with van der Waals surface area (Å²) in [5.74, 6) is -1.02. The molecular formula is C22H29ClN2O5S. The van der Waals surface area contributed by atoms with Crippen molar-refractivity contribution in [2.45, 2.75) is 50.3 Å². The molecule has 0 aliphatic carbocycles. The minimum Gasteiger partial charge on any atom is -0.381 e. The molecule has 1 fully saturated rings. The second kappa shape index (κ2) is 11.5. The average molecular weight is 469 g/mol. The van der Waals surface area contributed by atoms with E-state index in [1.165, 1.54) is 24.5 Å².